The molecule has 1 saturated heterocycles. The van der Waals surface area contributed by atoms with Crippen molar-refractivity contribution in [2.45, 2.75) is 25.8 Å². The number of anilines is 1. The smallest absolute Gasteiger partial charge is 0.0911 e. The van der Waals surface area contributed by atoms with Crippen molar-refractivity contribution in [2.75, 3.05) is 18.0 Å². The van der Waals surface area contributed by atoms with Gasteiger partial charge in [-0.05, 0) is 31.9 Å². The molecule has 13 heavy (non-hydrogen) atoms. The van der Waals surface area contributed by atoms with E-state index in [4.69, 9.17) is 5.73 Å². The summed E-state index contributed by atoms with van der Waals surface area (Å²) in [5, 5.41) is 1.41. The highest BCUT2D eigenvalue weighted by molar-refractivity contribution is 7.16. The van der Waals surface area contributed by atoms with Crippen LogP contribution in [0, 0.1) is 6.92 Å². The fraction of sp³-hybridized carbons (Fsp3) is 0.600. The van der Waals surface area contributed by atoms with E-state index in [1.54, 1.807) is 0 Å². The van der Waals surface area contributed by atoms with E-state index in [2.05, 4.69) is 24.0 Å². The van der Waals surface area contributed by atoms with Crippen LogP contribution in [0.5, 0.6) is 0 Å². The van der Waals surface area contributed by atoms with E-state index in [-0.39, 0.29) is 0 Å². The van der Waals surface area contributed by atoms with Gasteiger partial charge in [0.15, 0.2) is 0 Å². The molecule has 3 heteroatoms. The normalized spacial score (nSPS) is 19.4. The summed E-state index contributed by atoms with van der Waals surface area (Å²) < 4.78 is 0. The van der Waals surface area contributed by atoms with E-state index in [0.717, 1.165) is 25.9 Å². The van der Waals surface area contributed by atoms with Crippen molar-refractivity contribution in [3.63, 3.8) is 0 Å². The van der Waals surface area contributed by atoms with Crippen LogP contribution in [0.3, 0.4) is 0 Å². The second-order valence-corrected chi connectivity index (χ2v) is 4.98. The molecule has 0 spiro atoms. The van der Waals surface area contributed by atoms with E-state index in [1.807, 2.05) is 11.3 Å². The Balaban J connectivity index is 2.02. The van der Waals surface area contributed by atoms with Crippen molar-refractivity contribution in [1.29, 1.82) is 0 Å². The largest absolute Gasteiger partial charge is 0.363 e. The lowest BCUT2D eigenvalue weighted by atomic mass is 10.1. The molecule has 2 nitrogen and oxygen atoms in total. The summed E-state index contributed by atoms with van der Waals surface area (Å²) in [6.07, 6.45) is 2.27. The van der Waals surface area contributed by atoms with Gasteiger partial charge in [-0.3, -0.25) is 0 Å². The number of thiophene rings is 1. The van der Waals surface area contributed by atoms with Crippen LogP contribution in [0.25, 0.3) is 0 Å². The zero-order chi connectivity index (χ0) is 9.26. The Kier molecular flexibility index (Phi) is 2.56. The lowest BCUT2D eigenvalue weighted by molar-refractivity contribution is 0.503. The number of aryl methyl sites for hydroxylation is 1. The molecule has 0 amide bonds. The number of hydrogen-bond donors (Lipinski definition) is 1. The van der Waals surface area contributed by atoms with E-state index in [9.17, 15) is 0 Å². The fourth-order valence-electron chi connectivity index (χ4n) is 1.71. The molecule has 1 aromatic rings. The van der Waals surface area contributed by atoms with Crippen LogP contribution >= 0.6 is 11.3 Å². The minimum Gasteiger partial charge on any atom is -0.363 e. The van der Waals surface area contributed by atoms with Gasteiger partial charge in [0, 0.05) is 24.0 Å². The topological polar surface area (TPSA) is 29.3 Å². The Labute approximate surface area is 83.4 Å². The average Bonchev–Trinajstić information content (AvgIpc) is 2.53. The highest BCUT2D eigenvalue weighted by Crippen LogP contribution is 2.27. The second-order valence-electron chi connectivity index (χ2n) is 3.71. The van der Waals surface area contributed by atoms with Gasteiger partial charge in [-0.25, -0.2) is 0 Å². The quantitative estimate of drug-likeness (QED) is 0.744. The molecular weight excluding hydrogens is 180 g/mol. The van der Waals surface area contributed by atoms with Crippen molar-refractivity contribution in [3.05, 3.63) is 17.0 Å². The lowest BCUT2D eigenvalue weighted by Gasteiger charge is -2.30. The van der Waals surface area contributed by atoms with Crippen molar-refractivity contribution in [2.24, 2.45) is 5.73 Å². The van der Waals surface area contributed by atoms with Gasteiger partial charge in [0.25, 0.3) is 0 Å². The third-order valence-electron chi connectivity index (χ3n) is 2.58. The number of rotatable bonds is 1. The van der Waals surface area contributed by atoms with Crippen LogP contribution in [0.1, 0.15) is 17.7 Å². The van der Waals surface area contributed by atoms with Gasteiger partial charge >= 0.3 is 0 Å². The molecular formula is C10H16N2S. The first-order chi connectivity index (χ1) is 6.25. The average molecular weight is 196 g/mol. The predicted octanol–water partition coefficient (Wildman–Crippen LogP) is 1.98. The zero-order valence-corrected chi connectivity index (χ0v) is 8.81. The lowest BCUT2D eigenvalue weighted by Crippen LogP contribution is -2.39. The standard InChI is InChI=1S/C10H16N2S/c1-8-2-3-10(13-8)12-6-4-9(11)5-7-12/h2-3,9H,4-7,11H2,1H3. The van der Waals surface area contributed by atoms with Gasteiger partial charge in [0.2, 0.25) is 0 Å². The second kappa shape index (κ2) is 3.68. The maximum atomic E-state index is 5.86. The first kappa shape index (κ1) is 9.03. The van der Waals surface area contributed by atoms with Gasteiger partial charge in [-0.1, -0.05) is 0 Å². The Morgan fingerprint density at radius 3 is 2.62 bits per heavy atom. The van der Waals surface area contributed by atoms with E-state index in [1.165, 1.54) is 9.88 Å². The third kappa shape index (κ3) is 2.03. The van der Waals surface area contributed by atoms with Crippen molar-refractivity contribution in [3.8, 4) is 0 Å². The Hall–Kier alpha value is -0.540. The molecule has 1 fully saturated rings. The molecule has 2 heterocycles. The molecule has 1 aromatic heterocycles. The van der Waals surface area contributed by atoms with Crippen LogP contribution in [0.4, 0.5) is 5.00 Å². The summed E-state index contributed by atoms with van der Waals surface area (Å²) in [5.74, 6) is 0. The van der Waals surface area contributed by atoms with E-state index in [0.29, 0.717) is 6.04 Å². The molecule has 0 saturated carbocycles. The van der Waals surface area contributed by atoms with Gasteiger partial charge in [-0.2, -0.15) is 0 Å². The summed E-state index contributed by atoms with van der Waals surface area (Å²) in [6.45, 7) is 4.41. The van der Waals surface area contributed by atoms with Gasteiger partial charge in [0.05, 0.1) is 5.00 Å². The molecule has 0 aliphatic carbocycles. The van der Waals surface area contributed by atoms with Crippen LogP contribution in [-0.4, -0.2) is 19.1 Å². The maximum absolute atomic E-state index is 5.86. The van der Waals surface area contributed by atoms with Crippen molar-refractivity contribution >= 4 is 16.3 Å². The predicted molar refractivity (Wildman–Crippen MR) is 58.5 cm³/mol. The SMILES string of the molecule is Cc1ccc(N2CCC(N)CC2)s1. The maximum Gasteiger partial charge on any atom is 0.0911 e. The first-order valence-corrected chi connectivity index (χ1v) is 5.64. The molecule has 72 valence electrons. The first-order valence-electron chi connectivity index (χ1n) is 4.82. The number of nitrogens with zero attached hydrogens (tertiary/aromatic N) is 1. The molecule has 0 bridgehead atoms. The molecule has 1 aliphatic rings. The van der Waals surface area contributed by atoms with Crippen LogP contribution in [0.2, 0.25) is 0 Å². The number of nitrogens with two attached hydrogens (primary N) is 1. The highest BCUT2D eigenvalue weighted by Gasteiger charge is 2.16. The minimum absolute atomic E-state index is 0.428. The summed E-state index contributed by atoms with van der Waals surface area (Å²) in [5.41, 5.74) is 5.86. The van der Waals surface area contributed by atoms with Crippen molar-refractivity contribution < 1.29 is 0 Å². The van der Waals surface area contributed by atoms with E-state index < -0.39 is 0 Å². The molecule has 0 aromatic carbocycles. The van der Waals surface area contributed by atoms with Crippen LogP contribution in [-0.2, 0) is 0 Å². The minimum atomic E-state index is 0.428. The fourth-order valence-corrected chi connectivity index (χ4v) is 2.63. The van der Waals surface area contributed by atoms with Crippen molar-refractivity contribution in [1.82, 2.24) is 0 Å². The summed E-state index contributed by atoms with van der Waals surface area (Å²) in [6, 6.07) is 4.84. The highest BCUT2D eigenvalue weighted by atomic mass is 32.1. The molecule has 1 aliphatic heterocycles. The Bertz CT molecular complexity index is 274. The van der Waals surface area contributed by atoms with E-state index >= 15 is 0 Å². The van der Waals surface area contributed by atoms with Crippen LogP contribution < -0.4 is 10.6 Å². The van der Waals surface area contributed by atoms with Gasteiger partial charge in [-0.15, -0.1) is 11.3 Å². The molecule has 2 N–H and O–H groups in total. The van der Waals surface area contributed by atoms with Gasteiger partial charge < -0.3 is 10.6 Å². The molecule has 0 unspecified atom stereocenters. The summed E-state index contributed by atoms with van der Waals surface area (Å²) in [7, 11) is 0. The molecule has 2 rings (SSSR count). The van der Waals surface area contributed by atoms with Gasteiger partial charge in [0.1, 0.15) is 0 Å². The Morgan fingerprint density at radius 2 is 2.08 bits per heavy atom. The molecule has 0 radical (unpaired) electrons. The van der Waals surface area contributed by atoms with Crippen LogP contribution in [0.15, 0.2) is 12.1 Å². The summed E-state index contributed by atoms with van der Waals surface area (Å²) in [4.78, 5) is 3.84. The monoisotopic (exact) mass is 196 g/mol. The number of piperidine rings is 1. The zero-order valence-electron chi connectivity index (χ0n) is 7.99. The Morgan fingerprint density at radius 1 is 1.38 bits per heavy atom. The number of hydrogen-bond acceptors (Lipinski definition) is 3. The summed E-state index contributed by atoms with van der Waals surface area (Å²) >= 11 is 1.88. The third-order valence-corrected chi connectivity index (χ3v) is 3.64. The molecule has 0 atom stereocenters.